The maximum Gasteiger partial charge on any atom is 0.154 e. The van der Waals surface area contributed by atoms with Gasteiger partial charge in [0.05, 0.1) is 35.3 Å². The van der Waals surface area contributed by atoms with Gasteiger partial charge in [0.15, 0.2) is 5.65 Å². The van der Waals surface area contributed by atoms with Gasteiger partial charge >= 0.3 is 0 Å². The number of hydrogen-bond donors (Lipinski definition) is 1. The maximum absolute atomic E-state index is 4.43. The lowest BCUT2D eigenvalue weighted by atomic mass is 10.2. The zero-order valence-corrected chi connectivity index (χ0v) is 10.6. The van der Waals surface area contributed by atoms with Gasteiger partial charge in [-0.1, -0.05) is 0 Å². The lowest BCUT2D eigenvalue weighted by Gasteiger charge is -1.97. The molecule has 0 fully saturated rings. The Kier molecular flexibility index (Phi) is 1.87. The van der Waals surface area contributed by atoms with Crippen molar-refractivity contribution in [3.63, 3.8) is 0 Å². The van der Waals surface area contributed by atoms with E-state index < -0.39 is 0 Å². The Labute approximate surface area is 108 Å². The molecule has 6 nitrogen and oxygen atoms in total. The summed E-state index contributed by atoms with van der Waals surface area (Å²) in [5.41, 5.74) is 4.95. The minimum atomic E-state index is 0.854. The first-order valence-corrected chi connectivity index (χ1v) is 6.03. The third-order valence-corrected chi connectivity index (χ3v) is 3.32. The highest BCUT2D eigenvalue weighted by atomic mass is 15.2. The van der Waals surface area contributed by atoms with E-state index in [1.165, 1.54) is 0 Å². The van der Waals surface area contributed by atoms with Crippen LogP contribution in [0, 0.1) is 6.92 Å². The molecule has 0 radical (unpaired) electrons. The minimum absolute atomic E-state index is 0.854. The number of rotatable bonds is 1. The average molecular weight is 252 g/mol. The molecule has 4 aromatic heterocycles. The molecule has 0 aromatic carbocycles. The van der Waals surface area contributed by atoms with Gasteiger partial charge in [-0.2, -0.15) is 5.10 Å². The van der Waals surface area contributed by atoms with E-state index in [9.17, 15) is 0 Å². The molecular formula is C13H12N6. The number of hydrogen-bond acceptors (Lipinski definition) is 3. The van der Waals surface area contributed by atoms with Crippen molar-refractivity contribution in [2.45, 2.75) is 6.92 Å². The third kappa shape index (κ3) is 1.40. The molecule has 1 N–H and O–H groups in total. The molecule has 0 aliphatic rings. The van der Waals surface area contributed by atoms with Gasteiger partial charge in [0.1, 0.15) is 5.82 Å². The van der Waals surface area contributed by atoms with Crippen molar-refractivity contribution < 1.29 is 0 Å². The van der Waals surface area contributed by atoms with E-state index in [-0.39, 0.29) is 0 Å². The van der Waals surface area contributed by atoms with Gasteiger partial charge in [-0.25, -0.2) is 9.97 Å². The number of nitrogens with one attached hydrogen (secondary N) is 1. The van der Waals surface area contributed by atoms with Crippen molar-refractivity contribution >= 4 is 16.7 Å². The highest BCUT2D eigenvalue weighted by molar-refractivity contribution is 5.82. The van der Waals surface area contributed by atoms with Crippen LogP contribution in [0.4, 0.5) is 0 Å². The van der Waals surface area contributed by atoms with Gasteiger partial charge in [-0.05, 0) is 13.0 Å². The lowest BCUT2D eigenvalue weighted by Crippen LogP contribution is -1.90. The number of nitrogens with zero attached hydrogens (tertiary/aromatic N) is 5. The van der Waals surface area contributed by atoms with Crippen molar-refractivity contribution in [3.05, 3.63) is 36.7 Å². The highest BCUT2D eigenvalue weighted by Crippen LogP contribution is 2.24. The molecule has 0 spiro atoms. The molecule has 6 heteroatoms. The van der Waals surface area contributed by atoms with E-state index in [0.717, 1.165) is 33.8 Å². The molecule has 0 aliphatic carbocycles. The van der Waals surface area contributed by atoms with E-state index >= 15 is 0 Å². The number of H-pyrrole nitrogens is 1. The summed E-state index contributed by atoms with van der Waals surface area (Å²) >= 11 is 0. The van der Waals surface area contributed by atoms with E-state index in [2.05, 4.69) is 30.5 Å². The molecule has 94 valence electrons. The van der Waals surface area contributed by atoms with Crippen LogP contribution in [0.25, 0.3) is 27.9 Å². The molecule has 0 atom stereocenters. The van der Waals surface area contributed by atoms with Crippen LogP contribution < -0.4 is 0 Å². The molecule has 0 aliphatic heterocycles. The fourth-order valence-corrected chi connectivity index (χ4v) is 2.41. The fraction of sp³-hybridized carbons (Fsp3) is 0.154. The Morgan fingerprint density at radius 3 is 2.79 bits per heavy atom. The van der Waals surface area contributed by atoms with Crippen molar-refractivity contribution in [3.8, 4) is 11.3 Å². The van der Waals surface area contributed by atoms with Gasteiger partial charge < -0.3 is 4.98 Å². The SMILES string of the molecule is Cc1ncc2cnc3[nH]c(-c4cnn(C)c4)cc3n12. The lowest BCUT2D eigenvalue weighted by molar-refractivity contribution is 0.768. The van der Waals surface area contributed by atoms with Crippen molar-refractivity contribution in [2.75, 3.05) is 0 Å². The molecule has 19 heavy (non-hydrogen) atoms. The average Bonchev–Trinajstić information content (AvgIpc) is 3.06. The van der Waals surface area contributed by atoms with Gasteiger partial charge in [0.2, 0.25) is 0 Å². The summed E-state index contributed by atoms with van der Waals surface area (Å²) in [6, 6.07) is 2.08. The van der Waals surface area contributed by atoms with Crippen molar-refractivity contribution in [1.82, 2.24) is 29.1 Å². The zero-order chi connectivity index (χ0) is 13.0. The van der Waals surface area contributed by atoms with Crippen molar-refractivity contribution in [2.24, 2.45) is 7.05 Å². The van der Waals surface area contributed by atoms with E-state index in [0.29, 0.717) is 0 Å². The van der Waals surface area contributed by atoms with Crippen LogP contribution in [-0.4, -0.2) is 29.1 Å². The van der Waals surface area contributed by atoms with Gasteiger partial charge in [0, 0.05) is 18.8 Å². The summed E-state index contributed by atoms with van der Waals surface area (Å²) in [7, 11) is 1.91. The number of fused-ring (bicyclic) bond motifs is 3. The summed E-state index contributed by atoms with van der Waals surface area (Å²) in [5.74, 6) is 0.958. The summed E-state index contributed by atoms with van der Waals surface area (Å²) < 4.78 is 3.88. The Morgan fingerprint density at radius 1 is 1.16 bits per heavy atom. The van der Waals surface area contributed by atoms with Crippen LogP contribution in [0.5, 0.6) is 0 Å². The van der Waals surface area contributed by atoms with Crippen LogP contribution in [0.1, 0.15) is 5.82 Å². The second kappa shape index (κ2) is 3.44. The van der Waals surface area contributed by atoms with Crippen LogP contribution in [0.15, 0.2) is 30.9 Å². The molecule has 0 saturated heterocycles. The number of aromatic amines is 1. The largest absolute Gasteiger partial charge is 0.338 e. The smallest absolute Gasteiger partial charge is 0.154 e. The molecule has 4 aromatic rings. The van der Waals surface area contributed by atoms with Gasteiger partial charge in [0.25, 0.3) is 0 Å². The maximum atomic E-state index is 4.43. The van der Waals surface area contributed by atoms with Gasteiger partial charge in [-0.3, -0.25) is 9.08 Å². The Hall–Kier alpha value is -2.63. The fourth-order valence-electron chi connectivity index (χ4n) is 2.41. The summed E-state index contributed by atoms with van der Waals surface area (Å²) in [5, 5.41) is 4.19. The molecule has 0 bridgehead atoms. The normalized spacial score (nSPS) is 11.7. The number of imidazole rings is 1. The molecule has 0 saturated carbocycles. The number of aromatic nitrogens is 6. The summed E-state index contributed by atoms with van der Waals surface area (Å²) in [6.07, 6.45) is 7.47. The first-order chi connectivity index (χ1) is 9.22. The van der Waals surface area contributed by atoms with E-state index in [1.807, 2.05) is 38.8 Å². The van der Waals surface area contributed by atoms with Crippen LogP contribution in [0.2, 0.25) is 0 Å². The first-order valence-electron chi connectivity index (χ1n) is 6.03. The second-order valence-corrected chi connectivity index (χ2v) is 4.64. The van der Waals surface area contributed by atoms with Crippen molar-refractivity contribution in [1.29, 1.82) is 0 Å². The molecule has 0 unspecified atom stereocenters. The number of aryl methyl sites for hydroxylation is 2. The Morgan fingerprint density at radius 2 is 2.00 bits per heavy atom. The van der Waals surface area contributed by atoms with E-state index in [4.69, 9.17) is 0 Å². The first kappa shape index (κ1) is 10.3. The third-order valence-electron chi connectivity index (χ3n) is 3.32. The summed E-state index contributed by atoms with van der Waals surface area (Å²) in [4.78, 5) is 12.1. The standard InChI is InChI=1S/C13H12N6/c1-8-14-5-10-6-15-13-12(19(8)10)3-11(17-13)9-4-16-18(2)7-9/h3-7,17H,1-2H3. The Balaban J connectivity index is 2.05. The van der Waals surface area contributed by atoms with Crippen LogP contribution in [-0.2, 0) is 7.05 Å². The Bertz CT molecular complexity index is 894. The topological polar surface area (TPSA) is 63.8 Å². The van der Waals surface area contributed by atoms with Crippen LogP contribution in [0.3, 0.4) is 0 Å². The monoisotopic (exact) mass is 252 g/mol. The minimum Gasteiger partial charge on any atom is -0.338 e. The highest BCUT2D eigenvalue weighted by Gasteiger charge is 2.10. The molecular weight excluding hydrogens is 240 g/mol. The predicted octanol–water partition coefficient (Wildman–Crippen LogP) is 1.92. The quantitative estimate of drug-likeness (QED) is 0.563. The predicted molar refractivity (Wildman–Crippen MR) is 71.8 cm³/mol. The van der Waals surface area contributed by atoms with Crippen LogP contribution >= 0.6 is 0 Å². The van der Waals surface area contributed by atoms with Gasteiger partial charge in [-0.15, -0.1) is 0 Å². The zero-order valence-electron chi connectivity index (χ0n) is 10.6. The second-order valence-electron chi connectivity index (χ2n) is 4.64. The molecule has 4 rings (SSSR count). The van der Waals surface area contributed by atoms with E-state index in [1.54, 1.807) is 4.68 Å². The molecule has 4 heterocycles. The summed E-state index contributed by atoms with van der Waals surface area (Å²) in [6.45, 7) is 1.99. The molecule has 0 amide bonds.